The molecule has 0 radical (unpaired) electrons. The molecule has 1 aromatic heterocycles. The fraction of sp³-hybridized carbons (Fsp3) is 0.0769. The SMILES string of the molecule is O=C(Cc1ccc(F)cc1)c1ccnc(F)c1. The van der Waals surface area contributed by atoms with Gasteiger partial charge in [-0.1, -0.05) is 12.1 Å². The summed E-state index contributed by atoms with van der Waals surface area (Å²) in [5.74, 6) is -1.26. The van der Waals surface area contributed by atoms with E-state index in [1.165, 1.54) is 36.5 Å². The van der Waals surface area contributed by atoms with E-state index in [2.05, 4.69) is 4.98 Å². The van der Waals surface area contributed by atoms with E-state index >= 15 is 0 Å². The van der Waals surface area contributed by atoms with Crippen molar-refractivity contribution in [2.75, 3.05) is 0 Å². The van der Waals surface area contributed by atoms with Gasteiger partial charge in [0.2, 0.25) is 5.95 Å². The van der Waals surface area contributed by atoms with Crippen LogP contribution in [0.4, 0.5) is 8.78 Å². The van der Waals surface area contributed by atoms with Crippen molar-refractivity contribution in [1.29, 1.82) is 0 Å². The molecule has 2 nitrogen and oxygen atoms in total. The molecule has 0 saturated carbocycles. The number of aromatic nitrogens is 1. The molecular formula is C13H9F2NO. The predicted octanol–water partition coefficient (Wildman–Crippen LogP) is 2.79. The van der Waals surface area contributed by atoms with Gasteiger partial charge in [-0.25, -0.2) is 9.37 Å². The summed E-state index contributed by atoms with van der Waals surface area (Å²) in [6, 6.07) is 8.18. The molecule has 0 aliphatic heterocycles. The third kappa shape index (κ3) is 2.93. The lowest BCUT2D eigenvalue weighted by Gasteiger charge is -2.01. The molecule has 0 saturated heterocycles. The maximum absolute atomic E-state index is 12.8. The molecule has 0 aliphatic rings. The molecule has 4 heteroatoms. The topological polar surface area (TPSA) is 30.0 Å². The van der Waals surface area contributed by atoms with E-state index in [1.54, 1.807) is 0 Å². The first kappa shape index (κ1) is 11.4. The molecule has 1 aromatic carbocycles. The van der Waals surface area contributed by atoms with E-state index in [9.17, 15) is 13.6 Å². The summed E-state index contributed by atoms with van der Waals surface area (Å²) in [7, 11) is 0. The Morgan fingerprint density at radius 1 is 1.12 bits per heavy atom. The van der Waals surface area contributed by atoms with Crippen LogP contribution in [0.1, 0.15) is 15.9 Å². The second-order valence-corrected chi connectivity index (χ2v) is 3.59. The van der Waals surface area contributed by atoms with Crippen LogP contribution in [0.15, 0.2) is 42.6 Å². The van der Waals surface area contributed by atoms with Gasteiger partial charge < -0.3 is 0 Å². The summed E-state index contributed by atoms with van der Waals surface area (Å²) >= 11 is 0. The molecular weight excluding hydrogens is 224 g/mol. The Labute approximate surface area is 96.9 Å². The Morgan fingerprint density at radius 3 is 2.47 bits per heavy atom. The maximum Gasteiger partial charge on any atom is 0.213 e. The molecule has 86 valence electrons. The number of halogens is 2. The highest BCUT2D eigenvalue weighted by molar-refractivity contribution is 5.97. The van der Waals surface area contributed by atoms with Crippen LogP contribution >= 0.6 is 0 Å². The fourth-order valence-corrected chi connectivity index (χ4v) is 1.47. The van der Waals surface area contributed by atoms with Gasteiger partial charge >= 0.3 is 0 Å². The summed E-state index contributed by atoms with van der Waals surface area (Å²) in [6.45, 7) is 0. The van der Waals surface area contributed by atoms with E-state index in [0.717, 1.165) is 6.07 Å². The highest BCUT2D eigenvalue weighted by Crippen LogP contribution is 2.09. The number of pyridine rings is 1. The van der Waals surface area contributed by atoms with Crippen molar-refractivity contribution in [3.05, 3.63) is 65.5 Å². The average Bonchev–Trinajstić information content (AvgIpc) is 2.32. The molecule has 1 heterocycles. The van der Waals surface area contributed by atoms with Gasteiger partial charge in [0.05, 0.1) is 0 Å². The zero-order chi connectivity index (χ0) is 12.3. The first-order valence-corrected chi connectivity index (χ1v) is 5.04. The van der Waals surface area contributed by atoms with Crippen LogP contribution in [0, 0.1) is 11.8 Å². The molecule has 2 aromatic rings. The van der Waals surface area contributed by atoms with E-state index in [0.29, 0.717) is 5.56 Å². The second kappa shape index (κ2) is 4.82. The first-order chi connectivity index (χ1) is 8.15. The number of hydrogen-bond acceptors (Lipinski definition) is 2. The van der Waals surface area contributed by atoms with Crippen molar-refractivity contribution in [3.63, 3.8) is 0 Å². The highest BCUT2D eigenvalue weighted by atomic mass is 19.1. The van der Waals surface area contributed by atoms with Gasteiger partial charge in [0, 0.05) is 24.2 Å². The lowest BCUT2D eigenvalue weighted by Crippen LogP contribution is -2.04. The molecule has 0 unspecified atom stereocenters. The standard InChI is InChI=1S/C13H9F2NO/c14-11-3-1-9(2-4-11)7-12(17)10-5-6-16-13(15)8-10/h1-6,8H,7H2. The minimum absolute atomic E-state index is 0.115. The number of Topliss-reactive ketones (excluding diaryl/α,β-unsaturated/α-hetero) is 1. The predicted molar refractivity (Wildman–Crippen MR) is 58.6 cm³/mol. The summed E-state index contributed by atoms with van der Waals surface area (Å²) in [4.78, 5) is 15.1. The van der Waals surface area contributed by atoms with Gasteiger partial charge in [-0.15, -0.1) is 0 Å². The van der Waals surface area contributed by atoms with Crippen LogP contribution in [0.25, 0.3) is 0 Å². The molecule has 0 fully saturated rings. The van der Waals surface area contributed by atoms with Crippen molar-refractivity contribution in [1.82, 2.24) is 4.98 Å². The van der Waals surface area contributed by atoms with Crippen LogP contribution in [0.3, 0.4) is 0 Å². The van der Waals surface area contributed by atoms with Crippen molar-refractivity contribution in [3.8, 4) is 0 Å². The van der Waals surface area contributed by atoms with Crippen molar-refractivity contribution in [2.24, 2.45) is 0 Å². The van der Waals surface area contributed by atoms with Gasteiger partial charge in [-0.2, -0.15) is 4.39 Å². The molecule has 0 N–H and O–H groups in total. The molecule has 0 bridgehead atoms. The third-order valence-corrected chi connectivity index (χ3v) is 2.33. The Hall–Kier alpha value is -2.10. The van der Waals surface area contributed by atoms with E-state index in [-0.39, 0.29) is 23.6 Å². The van der Waals surface area contributed by atoms with Crippen LogP contribution in [0.5, 0.6) is 0 Å². The molecule has 0 amide bonds. The number of ketones is 1. The Kier molecular flexibility index (Phi) is 3.23. The second-order valence-electron chi connectivity index (χ2n) is 3.59. The van der Waals surface area contributed by atoms with Gasteiger partial charge in [0.1, 0.15) is 5.82 Å². The smallest absolute Gasteiger partial charge is 0.213 e. The Bertz CT molecular complexity index is 537. The minimum Gasteiger partial charge on any atom is -0.294 e. The normalized spacial score (nSPS) is 10.2. The van der Waals surface area contributed by atoms with Crippen molar-refractivity contribution >= 4 is 5.78 Å². The number of benzene rings is 1. The van der Waals surface area contributed by atoms with Crippen molar-refractivity contribution < 1.29 is 13.6 Å². The number of rotatable bonds is 3. The molecule has 2 rings (SSSR count). The van der Waals surface area contributed by atoms with Crippen LogP contribution in [-0.2, 0) is 6.42 Å². The summed E-state index contributed by atoms with van der Waals surface area (Å²) in [6.07, 6.45) is 1.36. The molecule has 0 atom stereocenters. The van der Waals surface area contributed by atoms with Gasteiger partial charge in [-0.3, -0.25) is 4.79 Å². The Morgan fingerprint density at radius 2 is 1.82 bits per heavy atom. The number of carbonyl (C=O) groups excluding carboxylic acids is 1. The monoisotopic (exact) mass is 233 g/mol. The summed E-state index contributed by atoms with van der Waals surface area (Å²) in [5.41, 5.74) is 0.954. The number of hydrogen-bond donors (Lipinski definition) is 0. The van der Waals surface area contributed by atoms with Gasteiger partial charge in [-0.05, 0) is 23.8 Å². The fourth-order valence-electron chi connectivity index (χ4n) is 1.47. The maximum atomic E-state index is 12.8. The van der Waals surface area contributed by atoms with Crippen LogP contribution in [0.2, 0.25) is 0 Å². The lowest BCUT2D eigenvalue weighted by molar-refractivity contribution is 0.0992. The van der Waals surface area contributed by atoms with Gasteiger partial charge in [0.25, 0.3) is 0 Å². The zero-order valence-corrected chi connectivity index (χ0v) is 8.86. The Balaban J connectivity index is 2.14. The van der Waals surface area contributed by atoms with E-state index < -0.39 is 5.95 Å². The van der Waals surface area contributed by atoms with Gasteiger partial charge in [0.15, 0.2) is 5.78 Å². The molecule has 0 spiro atoms. The summed E-state index contributed by atoms with van der Waals surface area (Å²) in [5, 5.41) is 0. The quantitative estimate of drug-likeness (QED) is 0.602. The third-order valence-electron chi connectivity index (χ3n) is 2.33. The summed E-state index contributed by atoms with van der Waals surface area (Å²) < 4.78 is 25.5. The minimum atomic E-state index is -0.685. The number of carbonyl (C=O) groups is 1. The van der Waals surface area contributed by atoms with Crippen LogP contribution in [-0.4, -0.2) is 10.8 Å². The number of nitrogens with zero attached hydrogens (tertiary/aromatic N) is 1. The molecule has 17 heavy (non-hydrogen) atoms. The van der Waals surface area contributed by atoms with Crippen LogP contribution < -0.4 is 0 Å². The lowest BCUT2D eigenvalue weighted by atomic mass is 10.0. The van der Waals surface area contributed by atoms with E-state index in [4.69, 9.17) is 0 Å². The van der Waals surface area contributed by atoms with E-state index in [1.807, 2.05) is 0 Å². The van der Waals surface area contributed by atoms with Crippen molar-refractivity contribution in [2.45, 2.75) is 6.42 Å². The zero-order valence-electron chi connectivity index (χ0n) is 8.86. The largest absolute Gasteiger partial charge is 0.294 e. The molecule has 0 aliphatic carbocycles. The first-order valence-electron chi connectivity index (χ1n) is 5.04. The highest BCUT2D eigenvalue weighted by Gasteiger charge is 2.08. The average molecular weight is 233 g/mol.